The van der Waals surface area contributed by atoms with Gasteiger partial charge in [0, 0.05) is 30.6 Å². The zero-order valence-electron chi connectivity index (χ0n) is 17.6. The van der Waals surface area contributed by atoms with E-state index in [1.807, 2.05) is 4.90 Å². The van der Waals surface area contributed by atoms with Crippen LogP contribution in [0.5, 0.6) is 0 Å². The number of anilines is 3. The lowest BCUT2D eigenvalue weighted by molar-refractivity contribution is 0.0562. The Balaban J connectivity index is 2.06. The topological polar surface area (TPSA) is 109 Å². The van der Waals surface area contributed by atoms with Crippen molar-refractivity contribution in [2.75, 3.05) is 29.5 Å². The molecule has 3 rings (SSSR count). The number of pyridine rings is 1. The lowest BCUT2D eigenvalue weighted by Crippen LogP contribution is -2.59. The van der Waals surface area contributed by atoms with Crippen LogP contribution >= 0.6 is 0 Å². The molecule has 7 nitrogen and oxygen atoms in total. The maximum Gasteiger partial charge on any atom is 0.408 e. The van der Waals surface area contributed by atoms with Crippen molar-refractivity contribution in [1.29, 1.82) is 0 Å². The highest BCUT2D eigenvalue weighted by molar-refractivity contribution is 5.67. The fourth-order valence-corrected chi connectivity index (χ4v) is 4.16. The lowest BCUT2D eigenvalue weighted by Gasteiger charge is -2.48. The van der Waals surface area contributed by atoms with Crippen molar-refractivity contribution in [2.45, 2.75) is 44.7 Å². The first kappa shape index (κ1) is 22.5. The minimum Gasteiger partial charge on any atom is -0.465 e. The minimum absolute atomic E-state index is 0.0520. The summed E-state index contributed by atoms with van der Waals surface area (Å²) in [5.41, 5.74) is 11.0. The maximum atomic E-state index is 14.6. The molecule has 1 aromatic heterocycles. The largest absolute Gasteiger partial charge is 0.465 e. The molecular formula is C21H26F3N5O2. The monoisotopic (exact) mass is 437 g/mol. The van der Waals surface area contributed by atoms with Crippen LogP contribution in [0.4, 0.5) is 35.3 Å². The highest BCUT2D eigenvalue weighted by atomic mass is 19.2. The summed E-state index contributed by atoms with van der Waals surface area (Å²) in [6.45, 7) is 5.70. The van der Waals surface area contributed by atoms with Crippen molar-refractivity contribution in [3.05, 3.63) is 47.3 Å². The van der Waals surface area contributed by atoms with Gasteiger partial charge >= 0.3 is 6.09 Å². The van der Waals surface area contributed by atoms with Gasteiger partial charge in [-0.15, -0.1) is 0 Å². The van der Waals surface area contributed by atoms with Crippen molar-refractivity contribution in [1.82, 2.24) is 9.88 Å². The van der Waals surface area contributed by atoms with Crippen LogP contribution in [-0.2, 0) is 0 Å². The van der Waals surface area contributed by atoms with E-state index in [9.17, 15) is 23.1 Å². The number of halogens is 3. The molecule has 1 saturated heterocycles. The first-order chi connectivity index (χ1) is 14.4. The van der Waals surface area contributed by atoms with Gasteiger partial charge in [-0.25, -0.2) is 22.9 Å². The van der Waals surface area contributed by atoms with E-state index in [1.54, 1.807) is 32.9 Å². The summed E-state index contributed by atoms with van der Waals surface area (Å²) in [6, 6.07) is 3.83. The van der Waals surface area contributed by atoms with Crippen LogP contribution in [0.1, 0.15) is 38.7 Å². The quantitative estimate of drug-likeness (QED) is 0.630. The number of hydrogen-bond donors (Lipinski definition) is 3. The maximum absolute atomic E-state index is 14.6. The van der Waals surface area contributed by atoms with Gasteiger partial charge in [0.25, 0.3) is 0 Å². The SMILES string of the molecule is CC(C)(C)N(C(=O)O)[C@H]1CN(c2ccc(N)c(N)n2)CC[C@@H]1c1cc(F)c(F)cc1F. The fourth-order valence-electron chi connectivity index (χ4n) is 4.16. The smallest absolute Gasteiger partial charge is 0.408 e. The van der Waals surface area contributed by atoms with Gasteiger partial charge in [0.1, 0.15) is 17.5 Å². The molecule has 0 aliphatic carbocycles. The molecule has 1 aromatic carbocycles. The molecule has 168 valence electrons. The van der Waals surface area contributed by atoms with E-state index in [2.05, 4.69) is 4.98 Å². The van der Waals surface area contributed by atoms with Crippen LogP contribution in [0.25, 0.3) is 0 Å². The first-order valence-corrected chi connectivity index (χ1v) is 9.83. The number of amides is 1. The molecular weight excluding hydrogens is 411 g/mol. The third kappa shape index (κ3) is 4.47. The molecule has 0 spiro atoms. The predicted molar refractivity (Wildman–Crippen MR) is 112 cm³/mol. The second-order valence-electron chi connectivity index (χ2n) is 8.66. The molecule has 2 heterocycles. The fraction of sp³-hybridized carbons (Fsp3) is 0.429. The van der Waals surface area contributed by atoms with Gasteiger partial charge in [0.05, 0.1) is 11.7 Å². The summed E-state index contributed by atoms with van der Waals surface area (Å²) in [7, 11) is 0. The number of carboxylic acid groups (broad SMARTS) is 1. The van der Waals surface area contributed by atoms with Crippen LogP contribution in [-0.4, -0.2) is 45.8 Å². The Morgan fingerprint density at radius 1 is 1.16 bits per heavy atom. The number of rotatable bonds is 3. The number of piperidine rings is 1. The number of nitrogens with two attached hydrogens (primary N) is 2. The Labute approximate surface area is 178 Å². The molecule has 10 heteroatoms. The Morgan fingerprint density at radius 3 is 2.39 bits per heavy atom. The summed E-state index contributed by atoms with van der Waals surface area (Å²) in [6.07, 6.45) is -0.907. The Bertz CT molecular complexity index is 996. The number of carbonyl (C=O) groups is 1. The molecule has 0 bridgehead atoms. The predicted octanol–water partition coefficient (Wildman–Crippen LogP) is 3.80. The molecule has 0 radical (unpaired) electrons. The second kappa shape index (κ2) is 8.16. The molecule has 2 atom stereocenters. The molecule has 1 amide bonds. The highest BCUT2D eigenvalue weighted by Crippen LogP contribution is 2.38. The third-order valence-corrected chi connectivity index (χ3v) is 5.55. The molecule has 1 aliphatic heterocycles. The Kier molecular flexibility index (Phi) is 5.93. The highest BCUT2D eigenvalue weighted by Gasteiger charge is 2.43. The zero-order valence-corrected chi connectivity index (χ0v) is 17.6. The normalized spacial score (nSPS) is 19.4. The number of benzene rings is 1. The summed E-state index contributed by atoms with van der Waals surface area (Å²) in [5.74, 6) is -3.41. The van der Waals surface area contributed by atoms with Crippen LogP contribution in [0.15, 0.2) is 24.3 Å². The van der Waals surface area contributed by atoms with Crippen LogP contribution in [0.3, 0.4) is 0 Å². The van der Waals surface area contributed by atoms with Crippen molar-refractivity contribution in [3.8, 4) is 0 Å². The second-order valence-corrected chi connectivity index (χ2v) is 8.66. The van der Waals surface area contributed by atoms with E-state index in [1.165, 1.54) is 4.90 Å². The number of hydrogen-bond acceptors (Lipinski definition) is 5. The van der Waals surface area contributed by atoms with Crippen LogP contribution < -0.4 is 16.4 Å². The molecule has 0 unspecified atom stereocenters. The molecule has 2 aromatic rings. The van der Waals surface area contributed by atoms with E-state index >= 15 is 0 Å². The number of nitrogen functional groups attached to an aromatic ring is 2. The number of nitrogens with zero attached hydrogens (tertiary/aromatic N) is 3. The number of aromatic nitrogens is 1. The van der Waals surface area contributed by atoms with Gasteiger partial charge < -0.3 is 21.5 Å². The standard InChI is InChI=1S/C21H26F3N5O2/c1-21(2,3)29(20(30)31)17-10-28(18-5-4-16(25)19(26)27-18)7-6-11(17)12-8-14(23)15(24)9-13(12)22/h4-5,8-9,11,17H,6-7,10,25H2,1-3H3,(H2,26,27)(H,30,31)/t11-,17+/m1/s1. The Morgan fingerprint density at radius 2 is 1.81 bits per heavy atom. The van der Waals surface area contributed by atoms with Gasteiger partial charge in [0.15, 0.2) is 11.6 Å². The zero-order chi connectivity index (χ0) is 23.1. The van der Waals surface area contributed by atoms with Gasteiger partial charge in [0.2, 0.25) is 0 Å². The molecule has 31 heavy (non-hydrogen) atoms. The molecule has 1 fully saturated rings. The van der Waals surface area contributed by atoms with Gasteiger partial charge in [-0.1, -0.05) is 0 Å². The minimum atomic E-state index is -1.29. The Hall–Kier alpha value is -3.17. The molecule has 1 aliphatic rings. The summed E-state index contributed by atoms with van der Waals surface area (Å²) < 4.78 is 42.1. The summed E-state index contributed by atoms with van der Waals surface area (Å²) in [4.78, 5) is 19.5. The van der Waals surface area contributed by atoms with E-state index in [0.717, 1.165) is 6.07 Å². The summed E-state index contributed by atoms with van der Waals surface area (Å²) >= 11 is 0. The first-order valence-electron chi connectivity index (χ1n) is 9.83. The third-order valence-electron chi connectivity index (χ3n) is 5.55. The van der Waals surface area contributed by atoms with Crippen molar-refractivity contribution >= 4 is 23.4 Å². The van der Waals surface area contributed by atoms with Crippen LogP contribution in [0.2, 0.25) is 0 Å². The van der Waals surface area contributed by atoms with Crippen molar-refractivity contribution in [2.24, 2.45) is 0 Å². The lowest BCUT2D eigenvalue weighted by atomic mass is 9.82. The average molecular weight is 437 g/mol. The van der Waals surface area contributed by atoms with Gasteiger partial charge in [-0.05, 0) is 51.0 Å². The summed E-state index contributed by atoms with van der Waals surface area (Å²) in [5, 5.41) is 9.96. The van der Waals surface area contributed by atoms with Gasteiger partial charge in [-0.3, -0.25) is 4.90 Å². The van der Waals surface area contributed by atoms with Crippen molar-refractivity contribution < 1.29 is 23.1 Å². The van der Waals surface area contributed by atoms with E-state index in [-0.39, 0.29) is 17.9 Å². The van der Waals surface area contributed by atoms with Crippen molar-refractivity contribution in [3.63, 3.8) is 0 Å². The average Bonchev–Trinajstić information content (AvgIpc) is 2.66. The molecule has 5 N–H and O–H groups in total. The van der Waals surface area contributed by atoms with E-state index < -0.39 is 41.0 Å². The van der Waals surface area contributed by atoms with E-state index in [4.69, 9.17) is 11.5 Å². The van der Waals surface area contributed by atoms with Crippen LogP contribution in [0, 0.1) is 17.5 Å². The van der Waals surface area contributed by atoms with E-state index in [0.29, 0.717) is 30.5 Å². The van der Waals surface area contributed by atoms with Gasteiger partial charge in [-0.2, -0.15) is 0 Å². The molecule has 0 saturated carbocycles.